The zero-order valence-electron chi connectivity index (χ0n) is 12.9. The monoisotopic (exact) mass is 307 g/mol. The minimum atomic E-state index is -0.755. The first-order chi connectivity index (χ1) is 9.91. The molecule has 0 fully saturated rings. The van der Waals surface area contributed by atoms with Crippen molar-refractivity contribution in [3.8, 4) is 0 Å². The van der Waals surface area contributed by atoms with E-state index in [0.717, 1.165) is 16.0 Å². The molecule has 21 heavy (non-hydrogen) atoms. The molecule has 0 saturated carbocycles. The quantitative estimate of drug-likeness (QED) is 0.886. The Balaban J connectivity index is 2.38. The summed E-state index contributed by atoms with van der Waals surface area (Å²) >= 11 is 1.68. The third-order valence-electron chi connectivity index (χ3n) is 3.63. The Bertz CT molecular complexity index is 652. The van der Waals surface area contributed by atoms with Gasteiger partial charge in [0.1, 0.15) is 17.0 Å². The number of rotatable bonds is 6. The van der Waals surface area contributed by atoms with Crippen molar-refractivity contribution < 1.29 is 9.90 Å². The topological polar surface area (TPSA) is 66.3 Å². The number of carbonyl (C=O) groups is 1. The highest BCUT2D eigenvalue weighted by molar-refractivity contribution is 7.18. The van der Waals surface area contributed by atoms with Crippen molar-refractivity contribution in [3.63, 3.8) is 0 Å². The van der Waals surface area contributed by atoms with Crippen LogP contribution in [0.1, 0.15) is 37.1 Å². The molecule has 1 N–H and O–H groups in total. The van der Waals surface area contributed by atoms with Gasteiger partial charge >= 0.3 is 5.97 Å². The van der Waals surface area contributed by atoms with Crippen LogP contribution in [0.5, 0.6) is 0 Å². The maximum absolute atomic E-state index is 10.7. The molecule has 0 bridgehead atoms. The predicted molar refractivity (Wildman–Crippen MR) is 86.2 cm³/mol. The zero-order valence-corrected chi connectivity index (χ0v) is 13.7. The average molecular weight is 307 g/mol. The summed E-state index contributed by atoms with van der Waals surface area (Å²) in [7, 11) is 0. The summed E-state index contributed by atoms with van der Waals surface area (Å²) in [5.74, 6) is 0.163. The van der Waals surface area contributed by atoms with E-state index in [1.807, 2.05) is 0 Å². The molecule has 2 rings (SSSR count). The number of aryl methyl sites for hydroxylation is 2. The van der Waals surface area contributed by atoms with Crippen molar-refractivity contribution in [1.82, 2.24) is 9.97 Å². The van der Waals surface area contributed by atoms with Crippen molar-refractivity contribution in [2.24, 2.45) is 0 Å². The molecule has 0 unspecified atom stereocenters. The molecule has 0 aromatic carbocycles. The summed E-state index contributed by atoms with van der Waals surface area (Å²) in [6.45, 7) is 9.07. The summed E-state index contributed by atoms with van der Waals surface area (Å²) in [5.41, 5.74) is 1.22. The van der Waals surface area contributed by atoms with Crippen LogP contribution >= 0.6 is 11.3 Å². The second-order valence-corrected chi connectivity index (χ2v) is 6.65. The van der Waals surface area contributed by atoms with Crippen molar-refractivity contribution in [1.29, 1.82) is 0 Å². The average Bonchev–Trinajstić information content (AvgIpc) is 2.70. The number of aromatic nitrogens is 2. The number of hydrogen-bond donors (Lipinski definition) is 1. The highest BCUT2D eigenvalue weighted by Crippen LogP contribution is 2.34. The van der Waals surface area contributed by atoms with Gasteiger partial charge in [0.25, 0.3) is 0 Å². The minimum absolute atomic E-state index is 0.180. The van der Waals surface area contributed by atoms with Gasteiger partial charge in [0, 0.05) is 23.9 Å². The standard InChI is InChI=1S/C15H21N3O2S/c1-9(2)18(7-5-6-12(19)20)14-13-10(3)11(4)21-15(13)17-8-16-14/h8-9H,5-7H2,1-4H3,(H,19,20). The summed E-state index contributed by atoms with van der Waals surface area (Å²) < 4.78 is 0. The lowest BCUT2D eigenvalue weighted by molar-refractivity contribution is -0.137. The number of nitrogens with zero attached hydrogens (tertiary/aromatic N) is 3. The molecule has 5 nitrogen and oxygen atoms in total. The van der Waals surface area contributed by atoms with Gasteiger partial charge in [0.15, 0.2) is 0 Å². The molecule has 0 radical (unpaired) electrons. The predicted octanol–water partition coefficient (Wildman–Crippen LogP) is 3.39. The van der Waals surface area contributed by atoms with E-state index in [4.69, 9.17) is 5.11 Å². The van der Waals surface area contributed by atoms with E-state index in [-0.39, 0.29) is 12.5 Å². The lowest BCUT2D eigenvalue weighted by Crippen LogP contribution is -2.33. The Morgan fingerprint density at radius 2 is 2.10 bits per heavy atom. The van der Waals surface area contributed by atoms with Crippen LogP contribution in [0, 0.1) is 13.8 Å². The van der Waals surface area contributed by atoms with E-state index in [1.165, 1.54) is 10.4 Å². The fraction of sp³-hybridized carbons (Fsp3) is 0.533. The normalized spacial score (nSPS) is 11.3. The number of anilines is 1. The van der Waals surface area contributed by atoms with Crippen LogP contribution in [0.25, 0.3) is 10.2 Å². The third kappa shape index (κ3) is 3.32. The van der Waals surface area contributed by atoms with Gasteiger partial charge in [0.05, 0.1) is 5.39 Å². The van der Waals surface area contributed by atoms with Crippen molar-refractivity contribution >= 4 is 33.3 Å². The number of carboxylic acids is 1. The first-order valence-electron chi connectivity index (χ1n) is 7.11. The third-order valence-corrected chi connectivity index (χ3v) is 4.75. The van der Waals surface area contributed by atoms with E-state index in [1.54, 1.807) is 17.7 Å². The van der Waals surface area contributed by atoms with Crippen LogP contribution in [0.3, 0.4) is 0 Å². The smallest absolute Gasteiger partial charge is 0.303 e. The van der Waals surface area contributed by atoms with E-state index < -0.39 is 5.97 Å². The number of aliphatic carboxylic acids is 1. The second kappa shape index (κ2) is 6.39. The maximum Gasteiger partial charge on any atom is 0.303 e. The SMILES string of the molecule is Cc1sc2ncnc(N(CCCC(=O)O)C(C)C)c2c1C. The van der Waals surface area contributed by atoms with Gasteiger partial charge in [-0.1, -0.05) is 0 Å². The lowest BCUT2D eigenvalue weighted by atomic mass is 10.1. The van der Waals surface area contributed by atoms with Crippen molar-refractivity contribution in [2.45, 2.75) is 46.6 Å². The Morgan fingerprint density at radius 1 is 1.38 bits per heavy atom. The van der Waals surface area contributed by atoms with E-state index in [9.17, 15) is 4.79 Å². The van der Waals surface area contributed by atoms with Crippen molar-refractivity contribution in [3.05, 3.63) is 16.8 Å². The Labute approximate surface area is 128 Å². The molecule has 0 aliphatic rings. The summed E-state index contributed by atoms with van der Waals surface area (Å²) in [6.07, 6.45) is 2.39. The molecule has 6 heteroatoms. The molecular formula is C15H21N3O2S. The molecule has 2 aromatic rings. The highest BCUT2D eigenvalue weighted by atomic mass is 32.1. The lowest BCUT2D eigenvalue weighted by Gasteiger charge is -2.28. The van der Waals surface area contributed by atoms with Crippen LogP contribution in [0.15, 0.2) is 6.33 Å². The number of carboxylic acid groups (broad SMARTS) is 1. The Morgan fingerprint density at radius 3 is 2.71 bits per heavy atom. The summed E-state index contributed by atoms with van der Waals surface area (Å²) in [4.78, 5) is 24.0. The van der Waals surface area contributed by atoms with Crippen LogP contribution in [0.4, 0.5) is 5.82 Å². The van der Waals surface area contributed by atoms with E-state index in [0.29, 0.717) is 13.0 Å². The molecule has 0 atom stereocenters. The summed E-state index contributed by atoms with van der Waals surface area (Å²) in [6, 6.07) is 0.261. The van der Waals surface area contributed by atoms with Gasteiger partial charge in [-0.25, -0.2) is 9.97 Å². The van der Waals surface area contributed by atoms with Crippen molar-refractivity contribution in [2.75, 3.05) is 11.4 Å². The first kappa shape index (κ1) is 15.7. The van der Waals surface area contributed by atoms with Gasteiger partial charge in [-0.2, -0.15) is 0 Å². The molecule has 114 valence electrons. The number of fused-ring (bicyclic) bond motifs is 1. The van der Waals surface area contributed by atoms with Gasteiger partial charge in [0.2, 0.25) is 0 Å². The van der Waals surface area contributed by atoms with E-state index in [2.05, 4.69) is 42.6 Å². The van der Waals surface area contributed by atoms with Crippen LogP contribution in [0.2, 0.25) is 0 Å². The minimum Gasteiger partial charge on any atom is -0.481 e. The van der Waals surface area contributed by atoms with Crippen LogP contribution in [-0.4, -0.2) is 33.6 Å². The first-order valence-corrected chi connectivity index (χ1v) is 7.92. The van der Waals surface area contributed by atoms with E-state index >= 15 is 0 Å². The maximum atomic E-state index is 10.7. The number of hydrogen-bond acceptors (Lipinski definition) is 5. The largest absolute Gasteiger partial charge is 0.481 e. The molecule has 0 spiro atoms. The fourth-order valence-electron chi connectivity index (χ4n) is 2.39. The molecule has 0 aliphatic heterocycles. The van der Waals surface area contributed by atoms with Gasteiger partial charge in [-0.05, 0) is 39.7 Å². The second-order valence-electron chi connectivity index (χ2n) is 5.45. The van der Waals surface area contributed by atoms with Gasteiger partial charge in [-0.3, -0.25) is 4.79 Å². The fourth-order valence-corrected chi connectivity index (χ4v) is 3.38. The number of thiophene rings is 1. The Hall–Kier alpha value is -1.69. The van der Waals surface area contributed by atoms with Gasteiger partial charge < -0.3 is 10.0 Å². The van der Waals surface area contributed by atoms with Crippen LogP contribution in [-0.2, 0) is 4.79 Å². The van der Waals surface area contributed by atoms with Crippen LogP contribution < -0.4 is 4.90 Å². The zero-order chi connectivity index (χ0) is 15.6. The van der Waals surface area contributed by atoms with Gasteiger partial charge in [-0.15, -0.1) is 11.3 Å². The summed E-state index contributed by atoms with van der Waals surface area (Å²) in [5, 5.41) is 9.91. The molecule has 0 amide bonds. The molecular weight excluding hydrogens is 286 g/mol. The molecule has 0 saturated heterocycles. The highest BCUT2D eigenvalue weighted by Gasteiger charge is 2.19. The molecule has 0 aliphatic carbocycles. The molecule has 2 heterocycles. The molecule has 2 aromatic heterocycles. The Kier molecular flexibility index (Phi) is 4.77.